The lowest BCUT2D eigenvalue weighted by Gasteiger charge is -2.12. The van der Waals surface area contributed by atoms with Crippen molar-refractivity contribution in [2.75, 3.05) is 19.7 Å². The zero-order valence-electron chi connectivity index (χ0n) is 11.0. The van der Waals surface area contributed by atoms with E-state index in [0.717, 1.165) is 24.8 Å². The topological polar surface area (TPSA) is 21.3 Å². The van der Waals surface area contributed by atoms with Crippen LogP contribution in [-0.4, -0.2) is 19.7 Å². The molecule has 0 heterocycles. The number of aryl methyl sites for hydroxylation is 1. The van der Waals surface area contributed by atoms with Crippen LogP contribution in [0.15, 0.2) is 18.2 Å². The molecule has 0 aliphatic heterocycles. The summed E-state index contributed by atoms with van der Waals surface area (Å²) in [5.41, 5.74) is 1.17. The molecule has 2 rings (SSSR count). The summed E-state index contributed by atoms with van der Waals surface area (Å²) in [4.78, 5) is 0. The molecule has 2 nitrogen and oxygen atoms in total. The molecule has 1 aromatic carbocycles. The maximum Gasteiger partial charge on any atom is 0.138 e. The van der Waals surface area contributed by atoms with E-state index in [1.54, 1.807) is 0 Å². The van der Waals surface area contributed by atoms with Gasteiger partial charge in [0.15, 0.2) is 0 Å². The van der Waals surface area contributed by atoms with Crippen molar-refractivity contribution in [3.63, 3.8) is 0 Å². The molecule has 0 bridgehead atoms. The van der Waals surface area contributed by atoms with Gasteiger partial charge in [0.1, 0.15) is 12.4 Å². The lowest BCUT2D eigenvalue weighted by atomic mass is 10.1. The van der Waals surface area contributed by atoms with Crippen molar-refractivity contribution in [2.45, 2.75) is 32.6 Å². The zero-order valence-corrected chi connectivity index (χ0v) is 11.8. The predicted octanol–water partition coefficient (Wildman–Crippen LogP) is 3.81. The van der Waals surface area contributed by atoms with E-state index in [2.05, 4.69) is 5.32 Å². The van der Waals surface area contributed by atoms with Gasteiger partial charge in [-0.05, 0) is 49.9 Å². The van der Waals surface area contributed by atoms with Gasteiger partial charge in [0.05, 0.1) is 5.02 Å². The molecule has 0 unspecified atom stereocenters. The van der Waals surface area contributed by atoms with E-state index in [9.17, 15) is 0 Å². The number of ether oxygens (including phenoxy) is 1. The minimum Gasteiger partial charge on any atom is -0.491 e. The maximum atomic E-state index is 6.07. The molecule has 0 saturated heterocycles. The lowest BCUT2D eigenvalue weighted by molar-refractivity contribution is 0.309. The summed E-state index contributed by atoms with van der Waals surface area (Å²) in [6, 6.07) is 5.87. The largest absolute Gasteiger partial charge is 0.491 e. The van der Waals surface area contributed by atoms with Crippen molar-refractivity contribution >= 4 is 11.6 Å². The van der Waals surface area contributed by atoms with Gasteiger partial charge >= 0.3 is 0 Å². The summed E-state index contributed by atoms with van der Waals surface area (Å²) in [6.07, 6.45) is 5.58. The third-order valence-electron chi connectivity index (χ3n) is 3.53. The number of halogens is 1. The molecule has 0 radical (unpaired) electrons. The first-order valence-electron chi connectivity index (χ1n) is 6.85. The highest BCUT2D eigenvalue weighted by Crippen LogP contribution is 2.25. The third-order valence-corrected chi connectivity index (χ3v) is 3.84. The average Bonchev–Trinajstić information content (AvgIpc) is 2.86. The molecule has 1 aromatic rings. The lowest BCUT2D eigenvalue weighted by Crippen LogP contribution is -2.26. The van der Waals surface area contributed by atoms with Gasteiger partial charge in [-0.25, -0.2) is 0 Å². The first-order chi connectivity index (χ1) is 8.75. The Labute approximate surface area is 115 Å². The van der Waals surface area contributed by atoms with Crippen molar-refractivity contribution in [3.8, 4) is 5.75 Å². The first-order valence-corrected chi connectivity index (χ1v) is 7.23. The van der Waals surface area contributed by atoms with Crippen molar-refractivity contribution < 1.29 is 4.74 Å². The van der Waals surface area contributed by atoms with E-state index in [-0.39, 0.29) is 0 Å². The highest BCUT2D eigenvalue weighted by atomic mass is 35.5. The Morgan fingerprint density at radius 2 is 2.11 bits per heavy atom. The van der Waals surface area contributed by atoms with Crippen LogP contribution in [0.25, 0.3) is 0 Å². The Bertz CT molecular complexity index is 375. The maximum absolute atomic E-state index is 6.07. The Balaban J connectivity index is 1.64. The van der Waals surface area contributed by atoms with Crippen LogP contribution < -0.4 is 10.1 Å². The fourth-order valence-corrected chi connectivity index (χ4v) is 2.65. The van der Waals surface area contributed by atoms with E-state index in [1.807, 2.05) is 25.1 Å². The van der Waals surface area contributed by atoms with Gasteiger partial charge in [0.25, 0.3) is 0 Å². The number of hydrogen-bond donors (Lipinski definition) is 1. The number of hydrogen-bond acceptors (Lipinski definition) is 2. The second kappa shape index (κ2) is 7.01. The Morgan fingerprint density at radius 3 is 2.89 bits per heavy atom. The Hall–Kier alpha value is -0.730. The fraction of sp³-hybridized carbons (Fsp3) is 0.600. The first kappa shape index (κ1) is 13.7. The smallest absolute Gasteiger partial charge is 0.138 e. The zero-order chi connectivity index (χ0) is 12.8. The SMILES string of the molecule is Cc1ccc(Cl)c(OCCNCC2CCCC2)c1. The summed E-state index contributed by atoms with van der Waals surface area (Å²) >= 11 is 6.07. The molecule has 0 spiro atoms. The van der Waals surface area contributed by atoms with E-state index in [0.29, 0.717) is 11.6 Å². The van der Waals surface area contributed by atoms with Gasteiger partial charge in [-0.1, -0.05) is 30.5 Å². The van der Waals surface area contributed by atoms with Crippen LogP contribution >= 0.6 is 11.6 Å². The second-order valence-electron chi connectivity index (χ2n) is 5.14. The van der Waals surface area contributed by atoms with E-state index >= 15 is 0 Å². The minimum absolute atomic E-state index is 0.676. The third kappa shape index (κ3) is 4.18. The van der Waals surface area contributed by atoms with Crippen molar-refractivity contribution in [1.82, 2.24) is 5.32 Å². The van der Waals surface area contributed by atoms with Crippen LogP contribution in [-0.2, 0) is 0 Å². The summed E-state index contributed by atoms with van der Waals surface area (Å²) in [5, 5.41) is 4.15. The molecular formula is C15H22ClNO. The number of benzene rings is 1. The van der Waals surface area contributed by atoms with Gasteiger partial charge in [0, 0.05) is 6.54 Å². The van der Waals surface area contributed by atoms with Gasteiger partial charge < -0.3 is 10.1 Å². The van der Waals surface area contributed by atoms with Crippen molar-refractivity contribution in [1.29, 1.82) is 0 Å². The molecule has 1 fully saturated rings. The molecule has 1 N–H and O–H groups in total. The molecule has 18 heavy (non-hydrogen) atoms. The summed E-state index contributed by atoms with van der Waals surface area (Å²) < 4.78 is 5.69. The Morgan fingerprint density at radius 1 is 1.33 bits per heavy atom. The molecule has 1 saturated carbocycles. The van der Waals surface area contributed by atoms with Crippen LogP contribution in [0.1, 0.15) is 31.2 Å². The molecule has 100 valence electrons. The van der Waals surface area contributed by atoms with E-state index < -0.39 is 0 Å². The highest BCUT2D eigenvalue weighted by molar-refractivity contribution is 6.32. The second-order valence-corrected chi connectivity index (χ2v) is 5.54. The summed E-state index contributed by atoms with van der Waals surface area (Å²) in [6.45, 7) is 4.74. The molecule has 1 aliphatic carbocycles. The summed E-state index contributed by atoms with van der Waals surface area (Å²) in [7, 11) is 0. The van der Waals surface area contributed by atoms with Gasteiger partial charge in [-0.15, -0.1) is 0 Å². The van der Waals surface area contributed by atoms with E-state index in [1.165, 1.54) is 31.2 Å². The van der Waals surface area contributed by atoms with Crippen LogP contribution in [0.4, 0.5) is 0 Å². The van der Waals surface area contributed by atoms with Crippen LogP contribution in [0.3, 0.4) is 0 Å². The van der Waals surface area contributed by atoms with E-state index in [4.69, 9.17) is 16.3 Å². The van der Waals surface area contributed by atoms with Gasteiger partial charge in [-0.2, -0.15) is 0 Å². The van der Waals surface area contributed by atoms with Crippen molar-refractivity contribution in [3.05, 3.63) is 28.8 Å². The number of rotatable bonds is 6. The molecule has 0 atom stereocenters. The van der Waals surface area contributed by atoms with Gasteiger partial charge in [0.2, 0.25) is 0 Å². The molecular weight excluding hydrogens is 246 g/mol. The monoisotopic (exact) mass is 267 g/mol. The number of nitrogens with one attached hydrogen (secondary N) is 1. The van der Waals surface area contributed by atoms with Gasteiger partial charge in [-0.3, -0.25) is 0 Å². The summed E-state index contributed by atoms with van der Waals surface area (Å²) in [5.74, 6) is 1.67. The van der Waals surface area contributed by atoms with Crippen LogP contribution in [0.5, 0.6) is 5.75 Å². The van der Waals surface area contributed by atoms with Crippen LogP contribution in [0, 0.1) is 12.8 Å². The molecule has 0 aromatic heterocycles. The molecule has 1 aliphatic rings. The highest BCUT2D eigenvalue weighted by Gasteiger charge is 2.13. The standard InChI is InChI=1S/C15H22ClNO/c1-12-6-7-14(16)15(10-12)18-9-8-17-11-13-4-2-3-5-13/h6-7,10,13,17H,2-5,8-9,11H2,1H3. The normalized spacial score (nSPS) is 16.1. The fourth-order valence-electron chi connectivity index (χ4n) is 2.48. The molecule has 0 amide bonds. The van der Waals surface area contributed by atoms with Crippen LogP contribution in [0.2, 0.25) is 5.02 Å². The Kier molecular flexibility index (Phi) is 5.33. The average molecular weight is 268 g/mol. The minimum atomic E-state index is 0.676. The predicted molar refractivity (Wildman–Crippen MR) is 76.5 cm³/mol. The van der Waals surface area contributed by atoms with Crippen molar-refractivity contribution in [2.24, 2.45) is 5.92 Å². The molecule has 3 heteroatoms. The quantitative estimate of drug-likeness (QED) is 0.792.